The Morgan fingerprint density at radius 1 is 1.29 bits per heavy atom. The molecule has 6 nitrogen and oxygen atoms in total. The lowest BCUT2D eigenvalue weighted by Crippen LogP contribution is -2.31. The predicted molar refractivity (Wildman–Crippen MR) is 96.8 cm³/mol. The van der Waals surface area contributed by atoms with E-state index in [9.17, 15) is 9.00 Å². The van der Waals surface area contributed by atoms with Gasteiger partial charge in [0.15, 0.2) is 11.0 Å². The number of aromatic nitrogens is 2. The first-order valence-corrected chi connectivity index (χ1v) is 8.51. The van der Waals surface area contributed by atoms with Crippen LogP contribution in [-0.2, 0) is 11.0 Å². The fraction of sp³-hybridized carbons (Fsp3) is 0.176. The van der Waals surface area contributed by atoms with E-state index in [1.807, 2.05) is 39.0 Å². The van der Waals surface area contributed by atoms with Gasteiger partial charge >= 0.3 is 6.03 Å². The molecule has 2 rings (SSSR count). The average Bonchev–Trinajstić information content (AvgIpc) is 2.89. The lowest BCUT2D eigenvalue weighted by atomic mass is 10.2. The summed E-state index contributed by atoms with van der Waals surface area (Å²) < 4.78 is 16.2. The maximum atomic E-state index is 12.2. The van der Waals surface area contributed by atoms with Crippen LogP contribution in [0.1, 0.15) is 18.2 Å². The fourth-order valence-corrected chi connectivity index (χ4v) is 2.78. The lowest BCUT2D eigenvalue weighted by Gasteiger charge is -2.10. The monoisotopic (exact) mass is 344 g/mol. The molecule has 0 saturated heterocycles. The summed E-state index contributed by atoms with van der Waals surface area (Å²) in [5.41, 5.74) is 2.53. The molecule has 2 N–H and O–H groups in total. The molecule has 24 heavy (non-hydrogen) atoms. The molecule has 2 amide bonds. The maximum absolute atomic E-state index is 12.2. The Bertz CT molecular complexity index is 806. The molecule has 2 aromatic rings. The smallest absolute Gasteiger partial charge is 0.291 e. The van der Waals surface area contributed by atoms with Crippen molar-refractivity contribution in [2.75, 3.05) is 5.32 Å². The number of carbonyl (C=O) groups is 1. The Hall–Kier alpha value is -2.67. The second-order valence-electron chi connectivity index (χ2n) is 5.14. The van der Waals surface area contributed by atoms with E-state index in [1.165, 1.54) is 0 Å². The molecule has 1 aromatic carbocycles. The standard InChI is InChI=1S/C17H20N4O2S/c1-5-14(6-2)21-16(11-13(4)19-21)18-17(22)20-24(23)15-9-7-12(3)8-10-15/h5-11H,1H2,2-4H3,(H2,18,20,22)/b14-6+. The molecular formula is C17H20N4O2S. The van der Waals surface area contributed by atoms with Gasteiger partial charge in [0, 0.05) is 6.07 Å². The number of benzene rings is 1. The van der Waals surface area contributed by atoms with Crippen molar-refractivity contribution in [3.8, 4) is 0 Å². The van der Waals surface area contributed by atoms with Crippen molar-refractivity contribution >= 4 is 28.5 Å². The van der Waals surface area contributed by atoms with Crippen molar-refractivity contribution in [1.82, 2.24) is 14.5 Å². The van der Waals surface area contributed by atoms with Crippen LogP contribution in [0.2, 0.25) is 0 Å². The Labute approximate surface area is 143 Å². The van der Waals surface area contributed by atoms with Crippen molar-refractivity contribution in [3.63, 3.8) is 0 Å². The molecule has 1 heterocycles. The molecule has 1 aromatic heterocycles. The molecule has 0 aliphatic heterocycles. The SMILES string of the molecule is C=C/C(=C\C)n1nc(C)cc1NC(=O)NS(=O)c1ccc(C)cc1. The summed E-state index contributed by atoms with van der Waals surface area (Å²) >= 11 is 0. The Morgan fingerprint density at radius 2 is 1.96 bits per heavy atom. The highest BCUT2D eigenvalue weighted by Gasteiger charge is 2.13. The minimum Gasteiger partial charge on any atom is -0.291 e. The lowest BCUT2D eigenvalue weighted by molar-refractivity contribution is 0.256. The summed E-state index contributed by atoms with van der Waals surface area (Å²) in [4.78, 5) is 12.7. The maximum Gasteiger partial charge on any atom is 0.332 e. The third-order valence-corrected chi connectivity index (χ3v) is 4.31. The highest BCUT2D eigenvalue weighted by atomic mass is 32.2. The zero-order chi connectivity index (χ0) is 17.7. The minimum atomic E-state index is -1.64. The quantitative estimate of drug-likeness (QED) is 0.816. The molecule has 126 valence electrons. The highest BCUT2D eigenvalue weighted by Crippen LogP contribution is 2.17. The Balaban J connectivity index is 2.11. The normalized spacial score (nSPS) is 12.5. The van der Waals surface area contributed by atoms with Crippen molar-refractivity contribution in [2.24, 2.45) is 0 Å². The topological polar surface area (TPSA) is 76.0 Å². The number of amides is 2. The van der Waals surface area contributed by atoms with Crippen LogP contribution >= 0.6 is 0 Å². The molecule has 0 radical (unpaired) electrons. The summed E-state index contributed by atoms with van der Waals surface area (Å²) in [5, 5.41) is 6.97. The highest BCUT2D eigenvalue weighted by molar-refractivity contribution is 7.83. The number of nitrogens with zero attached hydrogens (tertiary/aromatic N) is 2. The Morgan fingerprint density at radius 3 is 2.54 bits per heavy atom. The summed E-state index contributed by atoms with van der Waals surface area (Å²) in [7, 11) is -1.64. The second kappa shape index (κ2) is 7.74. The van der Waals surface area contributed by atoms with Gasteiger partial charge in [-0.25, -0.2) is 13.7 Å². The number of carbonyl (C=O) groups excluding carboxylic acids is 1. The van der Waals surface area contributed by atoms with Gasteiger partial charge in [0.05, 0.1) is 16.3 Å². The fourth-order valence-electron chi connectivity index (χ4n) is 2.06. The molecule has 1 unspecified atom stereocenters. The van der Waals surface area contributed by atoms with Crippen LogP contribution in [0, 0.1) is 13.8 Å². The first-order chi connectivity index (χ1) is 11.4. The van der Waals surface area contributed by atoms with Gasteiger partial charge in [-0.3, -0.25) is 10.0 Å². The number of aryl methyl sites for hydroxylation is 2. The number of hydrogen-bond donors (Lipinski definition) is 2. The van der Waals surface area contributed by atoms with E-state index in [4.69, 9.17) is 0 Å². The average molecular weight is 344 g/mol. The predicted octanol–water partition coefficient (Wildman–Crippen LogP) is 3.39. The molecule has 0 bridgehead atoms. The summed E-state index contributed by atoms with van der Waals surface area (Å²) in [6.07, 6.45) is 3.47. The van der Waals surface area contributed by atoms with Gasteiger partial charge in [0.1, 0.15) is 5.82 Å². The van der Waals surface area contributed by atoms with Gasteiger partial charge in [-0.05, 0) is 39.0 Å². The van der Waals surface area contributed by atoms with Crippen LogP contribution in [-0.4, -0.2) is 20.0 Å². The molecule has 0 aliphatic carbocycles. The molecule has 7 heteroatoms. The van der Waals surface area contributed by atoms with Gasteiger partial charge in [-0.15, -0.1) is 0 Å². The van der Waals surface area contributed by atoms with Crippen molar-refractivity contribution in [1.29, 1.82) is 0 Å². The number of anilines is 1. The molecule has 1 atom stereocenters. The van der Waals surface area contributed by atoms with Gasteiger partial charge in [0.25, 0.3) is 0 Å². The van der Waals surface area contributed by atoms with Gasteiger partial charge < -0.3 is 0 Å². The van der Waals surface area contributed by atoms with E-state index < -0.39 is 17.0 Å². The zero-order valence-corrected chi connectivity index (χ0v) is 14.7. The van der Waals surface area contributed by atoms with Crippen molar-refractivity contribution in [2.45, 2.75) is 25.7 Å². The number of hydrogen-bond acceptors (Lipinski definition) is 3. The van der Waals surface area contributed by atoms with Crippen LogP contribution in [0.15, 0.2) is 54.0 Å². The van der Waals surface area contributed by atoms with E-state index in [1.54, 1.807) is 29.0 Å². The van der Waals surface area contributed by atoms with E-state index >= 15 is 0 Å². The van der Waals surface area contributed by atoms with E-state index in [0.29, 0.717) is 10.7 Å². The van der Waals surface area contributed by atoms with Gasteiger partial charge in [-0.2, -0.15) is 5.10 Å². The van der Waals surface area contributed by atoms with Gasteiger partial charge in [-0.1, -0.05) is 30.4 Å². The molecule has 0 fully saturated rings. The van der Waals surface area contributed by atoms with Gasteiger partial charge in [0.2, 0.25) is 0 Å². The minimum absolute atomic E-state index is 0.471. The first-order valence-electron chi connectivity index (χ1n) is 7.36. The molecular weight excluding hydrogens is 324 g/mol. The number of rotatable bonds is 5. The number of urea groups is 1. The summed E-state index contributed by atoms with van der Waals surface area (Å²) in [6.45, 7) is 9.34. The number of allylic oxidation sites excluding steroid dienone is 3. The van der Waals surface area contributed by atoms with Crippen LogP contribution < -0.4 is 10.0 Å². The van der Waals surface area contributed by atoms with Crippen LogP contribution in [0.4, 0.5) is 10.6 Å². The largest absolute Gasteiger partial charge is 0.332 e. The third kappa shape index (κ3) is 4.20. The zero-order valence-electron chi connectivity index (χ0n) is 13.9. The van der Waals surface area contributed by atoms with E-state index in [2.05, 4.69) is 21.7 Å². The molecule has 0 saturated carbocycles. The van der Waals surface area contributed by atoms with Crippen LogP contribution in [0.25, 0.3) is 5.70 Å². The summed E-state index contributed by atoms with van der Waals surface area (Å²) in [5.74, 6) is 0.471. The first kappa shape index (κ1) is 17.7. The summed E-state index contributed by atoms with van der Waals surface area (Å²) in [6, 6.07) is 8.27. The van der Waals surface area contributed by atoms with Crippen molar-refractivity contribution < 1.29 is 9.00 Å². The second-order valence-corrected chi connectivity index (χ2v) is 6.35. The van der Waals surface area contributed by atoms with Crippen molar-refractivity contribution in [3.05, 3.63) is 60.3 Å². The Kier molecular flexibility index (Phi) is 5.70. The molecule has 0 aliphatic rings. The molecule has 0 spiro atoms. The number of nitrogens with one attached hydrogen (secondary N) is 2. The van der Waals surface area contributed by atoms with Crippen LogP contribution in [0.5, 0.6) is 0 Å². The third-order valence-electron chi connectivity index (χ3n) is 3.24. The van der Waals surface area contributed by atoms with E-state index in [0.717, 1.165) is 17.0 Å². The van der Waals surface area contributed by atoms with Crippen LogP contribution in [0.3, 0.4) is 0 Å². The van der Waals surface area contributed by atoms with E-state index in [-0.39, 0.29) is 0 Å².